The highest BCUT2D eigenvalue weighted by Gasteiger charge is 2.06. The Labute approximate surface area is 122 Å². The van der Waals surface area contributed by atoms with Crippen molar-refractivity contribution in [3.8, 4) is 0 Å². The molecule has 0 bridgehead atoms. The van der Waals surface area contributed by atoms with Crippen LogP contribution in [-0.2, 0) is 0 Å². The summed E-state index contributed by atoms with van der Waals surface area (Å²) in [5.41, 5.74) is 0.943. The zero-order chi connectivity index (χ0) is 13.0. The van der Waals surface area contributed by atoms with Gasteiger partial charge in [-0.25, -0.2) is 4.98 Å². The molecule has 0 saturated heterocycles. The molecule has 0 unspecified atom stereocenters. The lowest BCUT2D eigenvalue weighted by atomic mass is 10.3. The van der Waals surface area contributed by atoms with Crippen molar-refractivity contribution in [1.29, 1.82) is 0 Å². The first-order chi connectivity index (χ1) is 8.70. The molecule has 2 rings (SSSR count). The van der Waals surface area contributed by atoms with Gasteiger partial charge >= 0.3 is 0 Å². The Morgan fingerprint density at radius 2 is 1.89 bits per heavy atom. The maximum absolute atomic E-state index is 4.36. The number of halogens is 2. The third kappa shape index (κ3) is 3.20. The van der Waals surface area contributed by atoms with E-state index in [0.717, 1.165) is 27.0 Å². The summed E-state index contributed by atoms with van der Waals surface area (Å²) >= 11 is 7.00. The van der Waals surface area contributed by atoms with Crippen LogP contribution in [0.4, 0.5) is 17.5 Å². The van der Waals surface area contributed by atoms with Crippen LogP contribution in [0.2, 0.25) is 0 Å². The van der Waals surface area contributed by atoms with Gasteiger partial charge in [0.1, 0.15) is 5.82 Å². The van der Waals surface area contributed by atoms with Crippen molar-refractivity contribution in [1.82, 2.24) is 9.97 Å². The van der Waals surface area contributed by atoms with Crippen LogP contribution in [0.25, 0.3) is 0 Å². The molecule has 0 fully saturated rings. The lowest BCUT2D eigenvalue weighted by Crippen LogP contribution is -2.04. The first-order valence-corrected chi connectivity index (χ1v) is 7.07. The van der Waals surface area contributed by atoms with Crippen LogP contribution < -0.4 is 10.6 Å². The molecule has 2 aromatic rings. The lowest BCUT2D eigenvalue weighted by Gasteiger charge is -2.10. The minimum atomic E-state index is 0.616. The molecule has 0 aliphatic carbocycles. The minimum absolute atomic E-state index is 0.616. The number of aromatic nitrogens is 2. The Bertz CT molecular complexity index is 525. The van der Waals surface area contributed by atoms with Gasteiger partial charge in [0.05, 0.1) is 5.69 Å². The second kappa shape index (κ2) is 6.15. The summed E-state index contributed by atoms with van der Waals surface area (Å²) in [6.07, 6.45) is 1.72. The summed E-state index contributed by atoms with van der Waals surface area (Å²) in [5.74, 6) is 1.36. The normalized spacial score (nSPS) is 10.2. The zero-order valence-electron chi connectivity index (χ0n) is 9.74. The van der Waals surface area contributed by atoms with E-state index in [4.69, 9.17) is 0 Å². The molecule has 4 nitrogen and oxygen atoms in total. The Morgan fingerprint density at radius 3 is 2.56 bits per heavy atom. The average Bonchev–Trinajstić information content (AvgIpc) is 2.35. The van der Waals surface area contributed by atoms with Gasteiger partial charge in [0.25, 0.3) is 0 Å². The van der Waals surface area contributed by atoms with Crippen LogP contribution in [0.5, 0.6) is 0 Å². The molecule has 1 aromatic heterocycles. The standard InChI is InChI=1S/C12H12Br2N4/c1-2-15-12-16-7-6-10(18-12)17-11-8(13)4-3-5-9(11)14/h3-7H,2H2,1H3,(H2,15,16,17,18). The van der Waals surface area contributed by atoms with E-state index in [2.05, 4.69) is 52.5 Å². The first-order valence-electron chi connectivity index (χ1n) is 5.48. The second-order valence-corrected chi connectivity index (χ2v) is 5.23. The predicted molar refractivity (Wildman–Crippen MR) is 81.3 cm³/mol. The molecule has 0 atom stereocenters. The Balaban J connectivity index is 2.26. The summed E-state index contributed by atoms with van der Waals surface area (Å²) in [6, 6.07) is 7.73. The topological polar surface area (TPSA) is 49.8 Å². The second-order valence-electron chi connectivity index (χ2n) is 3.52. The molecular weight excluding hydrogens is 360 g/mol. The number of rotatable bonds is 4. The molecule has 0 amide bonds. The third-order valence-electron chi connectivity index (χ3n) is 2.21. The van der Waals surface area contributed by atoms with Crippen molar-refractivity contribution in [3.05, 3.63) is 39.4 Å². The van der Waals surface area contributed by atoms with Gasteiger partial charge in [-0.05, 0) is 57.0 Å². The van der Waals surface area contributed by atoms with E-state index in [-0.39, 0.29) is 0 Å². The number of nitrogens with zero attached hydrogens (tertiary/aromatic N) is 2. The number of para-hydroxylation sites is 1. The third-order valence-corrected chi connectivity index (χ3v) is 3.53. The first kappa shape index (κ1) is 13.3. The van der Waals surface area contributed by atoms with Crippen molar-refractivity contribution in [3.63, 3.8) is 0 Å². The number of nitrogens with one attached hydrogen (secondary N) is 2. The molecule has 0 aliphatic rings. The van der Waals surface area contributed by atoms with Gasteiger partial charge in [0, 0.05) is 21.7 Å². The fourth-order valence-corrected chi connectivity index (χ4v) is 2.61. The molecule has 1 heterocycles. The Morgan fingerprint density at radius 1 is 1.17 bits per heavy atom. The van der Waals surface area contributed by atoms with Gasteiger partial charge in [0.2, 0.25) is 5.95 Å². The molecule has 6 heteroatoms. The monoisotopic (exact) mass is 370 g/mol. The summed E-state index contributed by atoms with van der Waals surface area (Å²) in [6.45, 7) is 2.80. The fourth-order valence-electron chi connectivity index (χ4n) is 1.42. The maximum atomic E-state index is 4.36. The van der Waals surface area contributed by atoms with E-state index in [1.807, 2.05) is 31.2 Å². The van der Waals surface area contributed by atoms with E-state index in [0.29, 0.717) is 5.95 Å². The van der Waals surface area contributed by atoms with Crippen LogP contribution in [-0.4, -0.2) is 16.5 Å². The van der Waals surface area contributed by atoms with Gasteiger partial charge in [0.15, 0.2) is 0 Å². The smallest absolute Gasteiger partial charge is 0.224 e. The van der Waals surface area contributed by atoms with Gasteiger partial charge in [-0.3, -0.25) is 0 Å². The Kier molecular flexibility index (Phi) is 4.54. The van der Waals surface area contributed by atoms with Gasteiger partial charge in [-0.2, -0.15) is 4.98 Å². The fraction of sp³-hybridized carbons (Fsp3) is 0.167. The summed E-state index contributed by atoms with van der Waals surface area (Å²) in [5, 5.41) is 6.33. The van der Waals surface area contributed by atoms with E-state index in [9.17, 15) is 0 Å². The molecule has 0 aliphatic heterocycles. The van der Waals surface area contributed by atoms with Crippen LogP contribution in [0.3, 0.4) is 0 Å². The largest absolute Gasteiger partial charge is 0.354 e. The number of hydrogen-bond donors (Lipinski definition) is 2. The van der Waals surface area contributed by atoms with Gasteiger partial charge in [-0.15, -0.1) is 0 Å². The van der Waals surface area contributed by atoms with Crippen LogP contribution in [0, 0.1) is 0 Å². The van der Waals surface area contributed by atoms with E-state index < -0.39 is 0 Å². The summed E-state index contributed by atoms with van der Waals surface area (Å²) in [4.78, 5) is 8.49. The minimum Gasteiger partial charge on any atom is -0.354 e. The van der Waals surface area contributed by atoms with Crippen molar-refractivity contribution in [2.45, 2.75) is 6.92 Å². The molecule has 2 N–H and O–H groups in total. The summed E-state index contributed by atoms with van der Waals surface area (Å²) < 4.78 is 1.95. The molecule has 0 spiro atoms. The SMILES string of the molecule is CCNc1nccc(Nc2c(Br)cccc2Br)n1. The molecule has 0 radical (unpaired) electrons. The Hall–Kier alpha value is -1.14. The average molecular weight is 372 g/mol. The zero-order valence-corrected chi connectivity index (χ0v) is 12.9. The number of benzene rings is 1. The highest BCUT2D eigenvalue weighted by Crippen LogP contribution is 2.32. The summed E-state index contributed by atoms with van der Waals surface area (Å²) in [7, 11) is 0. The lowest BCUT2D eigenvalue weighted by molar-refractivity contribution is 1.09. The van der Waals surface area contributed by atoms with E-state index >= 15 is 0 Å². The van der Waals surface area contributed by atoms with Crippen LogP contribution in [0.1, 0.15) is 6.92 Å². The van der Waals surface area contributed by atoms with Crippen molar-refractivity contribution < 1.29 is 0 Å². The van der Waals surface area contributed by atoms with Crippen LogP contribution in [0.15, 0.2) is 39.4 Å². The molecule has 0 saturated carbocycles. The van der Waals surface area contributed by atoms with Crippen molar-refractivity contribution in [2.75, 3.05) is 17.2 Å². The van der Waals surface area contributed by atoms with Crippen molar-refractivity contribution in [2.24, 2.45) is 0 Å². The molecule has 1 aromatic carbocycles. The van der Waals surface area contributed by atoms with E-state index in [1.54, 1.807) is 6.20 Å². The quantitative estimate of drug-likeness (QED) is 0.846. The highest BCUT2D eigenvalue weighted by atomic mass is 79.9. The molecular formula is C12H12Br2N4. The number of anilines is 3. The predicted octanol–water partition coefficient (Wildman–Crippen LogP) is 4.18. The van der Waals surface area contributed by atoms with Gasteiger partial charge < -0.3 is 10.6 Å². The molecule has 94 valence electrons. The van der Waals surface area contributed by atoms with Crippen molar-refractivity contribution >= 4 is 49.3 Å². The van der Waals surface area contributed by atoms with Gasteiger partial charge in [-0.1, -0.05) is 6.07 Å². The highest BCUT2D eigenvalue weighted by molar-refractivity contribution is 9.11. The van der Waals surface area contributed by atoms with Crippen LogP contribution >= 0.6 is 31.9 Å². The molecule has 18 heavy (non-hydrogen) atoms. The van der Waals surface area contributed by atoms with E-state index in [1.165, 1.54) is 0 Å². The maximum Gasteiger partial charge on any atom is 0.224 e. The number of hydrogen-bond acceptors (Lipinski definition) is 4.